The summed E-state index contributed by atoms with van der Waals surface area (Å²) in [6.45, 7) is 2.18. The van der Waals surface area contributed by atoms with Crippen LogP contribution in [0.4, 0.5) is 0 Å². The largest absolute Gasteiger partial charge is 0.390 e. The fourth-order valence-electron chi connectivity index (χ4n) is 2.65. The standard InChI is InChI=1S/C16H24O2/c1-2-3-5-10-14(17)16-12-11-15(18-16)13-8-6-4-7-9-13/h4,6-9,14-17H,2-3,5,10-12H2,1H3/t14-,15?,16-/m1/s1. The Bertz CT molecular complexity index is 336. The van der Waals surface area contributed by atoms with Crippen molar-refractivity contribution >= 4 is 0 Å². The molecule has 1 aliphatic heterocycles. The number of aliphatic hydroxyl groups excluding tert-OH is 1. The van der Waals surface area contributed by atoms with Gasteiger partial charge in [0.25, 0.3) is 0 Å². The Morgan fingerprint density at radius 3 is 2.72 bits per heavy atom. The summed E-state index contributed by atoms with van der Waals surface area (Å²) in [7, 11) is 0. The number of unbranched alkanes of at least 4 members (excludes halogenated alkanes) is 2. The first-order chi connectivity index (χ1) is 8.81. The van der Waals surface area contributed by atoms with E-state index in [2.05, 4.69) is 19.1 Å². The van der Waals surface area contributed by atoms with Crippen LogP contribution in [0.3, 0.4) is 0 Å². The molecule has 2 rings (SSSR count). The quantitative estimate of drug-likeness (QED) is 0.775. The molecule has 1 saturated heterocycles. The number of ether oxygens (including phenoxy) is 1. The van der Waals surface area contributed by atoms with Crippen molar-refractivity contribution in [3.05, 3.63) is 35.9 Å². The maximum atomic E-state index is 10.1. The van der Waals surface area contributed by atoms with E-state index in [4.69, 9.17) is 4.74 Å². The Morgan fingerprint density at radius 1 is 1.22 bits per heavy atom. The predicted octanol–water partition coefficient (Wildman–Crippen LogP) is 3.85. The summed E-state index contributed by atoms with van der Waals surface area (Å²) in [6, 6.07) is 10.3. The number of benzene rings is 1. The molecule has 1 aromatic carbocycles. The molecule has 100 valence electrons. The monoisotopic (exact) mass is 248 g/mol. The summed E-state index contributed by atoms with van der Waals surface area (Å²) in [6.07, 6.45) is 6.31. The Hall–Kier alpha value is -0.860. The zero-order valence-electron chi connectivity index (χ0n) is 11.2. The van der Waals surface area contributed by atoms with E-state index < -0.39 is 0 Å². The molecule has 1 fully saturated rings. The van der Waals surface area contributed by atoms with Crippen LogP contribution in [0.2, 0.25) is 0 Å². The van der Waals surface area contributed by atoms with E-state index in [1.54, 1.807) is 0 Å². The number of aliphatic hydroxyl groups is 1. The smallest absolute Gasteiger partial charge is 0.0843 e. The highest BCUT2D eigenvalue weighted by Gasteiger charge is 2.30. The molecule has 1 unspecified atom stereocenters. The minimum absolute atomic E-state index is 0.0343. The van der Waals surface area contributed by atoms with E-state index in [-0.39, 0.29) is 18.3 Å². The van der Waals surface area contributed by atoms with E-state index in [0.29, 0.717) is 0 Å². The maximum absolute atomic E-state index is 10.1. The van der Waals surface area contributed by atoms with Gasteiger partial charge < -0.3 is 9.84 Å². The summed E-state index contributed by atoms with van der Waals surface area (Å²) in [5, 5.41) is 10.1. The molecule has 0 radical (unpaired) electrons. The molecular formula is C16H24O2. The van der Waals surface area contributed by atoms with Crippen LogP contribution in [0.15, 0.2) is 30.3 Å². The number of hydrogen-bond acceptors (Lipinski definition) is 2. The lowest BCUT2D eigenvalue weighted by Gasteiger charge is -2.19. The highest BCUT2D eigenvalue weighted by Crippen LogP contribution is 2.34. The van der Waals surface area contributed by atoms with Gasteiger partial charge in [-0.2, -0.15) is 0 Å². The fourth-order valence-corrected chi connectivity index (χ4v) is 2.65. The Kier molecular flexibility index (Phi) is 5.21. The van der Waals surface area contributed by atoms with E-state index in [1.165, 1.54) is 18.4 Å². The van der Waals surface area contributed by atoms with Crippen LogP contribution in [0, 0.1) is 0 Å². The average molecular weight is 248 g/mol. The molecule has 2 heteroatoms. The van der Waals surface area contributed by atoms with Gasteiger partial charge in [-0.3, -0.25) is 0 Å². The molecule has 0 aromatic heterocycles. The molecular weight excluding hydrogens is 224 g/mol. The Morgan fingerprint density at radius 2 is 2.00 bits per heavy atom. The average Bonchev–Trinajstić information content (AvgIpc) is 2.89. The zero-order valence-corrected chi connectivity index (χ0v) is 11.2. The van der Waals surface area contributed by atoms with Gasteiger partial charge in [-0.05, 0) is 24.8 Å². The van der Waals surface area contributed by atoms with Crippen LogP contribution in [0.5, 0.6) is 0 Å². The molecule has 0 spiro atoms. The molecule has 0 bridgehead atoms. The summed E-state index contributed by atoms with van der Waals surface area (Å²) < 4.78 is 5.99. The molecule has 3 atom stereocenters. The second-order valence-corrected chi connectivity index (χ2v) is 5.21. The van der Waals surface area contributed by atoms with Gasteiger partial charge in [-0.15, -0.1) is 0 Å². The Labute approximate surface area is 110 Å². The van der Waals surface area contributed by atoms with Crippen molar-refractivity contribution in [3.8, 4) is 0 Å². The first-order valence-corrected chi connectivity index (χ1v) is 7.19. The van der Waals surface area contributed by atoms with Crippen LogP contribution in [-0.2, 0) is 4.74 Å². The molecule has 0 saturated carbocycles. The van der Waals surface area contributed by atoms with Gasteiger partial charge in [0, 0.05) is 0 Å². The topological polar surface area (TPSA) is 29.5 Å². The van der Waals surface area contributed by atoms with E-state index in [9.17, 15) is 5.11 Å². The van der Waals surface area contributed by atoms with Gasteiger partial charge in [0.2, 0.25) is 0 Å². The number of rotatable bonds is 6. The molecule has 2 nitrogen and oxygen atoms in total. The fraction of sp³-hybridized carbons (Fsp3) is 0.625. The van der Waals surface area contributed by atoms with Crippen molar-refractivity contribution in [1.82, 2.24) is 0 Å². The van der Waals surface area contributed by atoms with Crippen LogP contribution >= 0.6 is 0 Å². The van der Waals surface area contributed by atoms with Gasteiger partial charge >= 0.3 is 0 Å². The van der Waals surface area contributed by atoms with E-state index in [0.717, 1.165) is 25.7 Å². The lowest BCUT2D eigenvalue weighted by molar-refractivity contribution is -0.0385. The zero-order chi connectivity index (χ0) is 12.8. The molecule has 18 heavy (non-hydrogen) atoms. The second kappa shape index (κ2) is 6.91. The Balaban J connectivity index is 1.81. The normalized spacial score (nSPS) is 25.2. The molecule has 1 heterocycles. The SMILES string of the molecule is CCCCC[C@@H](O)[C@H]1CCC(c2ccccc2)O1. The van der Waals surface area contributed by atoms with Gasteiger partial charge in [0.15, 0.2) is 0 Å². The van der Waals surface area contributed by atoms with Crippen LogP contribution in [0.25, 0.3) is 0 Å². The number of hydrogen-bond donors (Lipinski definition) is 1. The third kappa shape index (κ3) is 3.56. The predicted molar refractivity (Wildman–Crippen MR) is 73.4 cm³/mol. The third-order valence-corrected chi connectivity index (χ3v) is 3.76. The summed E-state index contributed by atoms with van der Waals surface area (Å²) in [5.74, 6) is 0. The summed E-state index contributed by atoms with van der Waals surface area (Å²) in [4.78, 5) is 0. The molecule has 1 aromatic rings. The van der Waals surface area contributed by atoms with Crippen LogP contribution < -0.4 is 0 Å². The van der Waals surface area contributed by atoms with E-state index >= 15 is 0 Å². The van der Waals surface area contributed by atoms with Gasteiger partial charge in [0.1, 0.15) is 0 Å². The minimum atomic E-state index is -0.287. The molecule has 1 aliphatic rings. The van der Waals surface area contributed by atoms with Crippen molar-refractivity contribution in [2.45, 2.75) is 63.8 Å². The van der Waals surface area contributed by atoms with Crippen molar-refractivity contribution in [3.63, 3.8) is 0 Å². The van der Waals surface area contributed by atoms with Gasteiger partial charge in [-0.1, -0.05) is 56.5 Å². The van der Waals surface area contributed by atoms with Crippen molar-refractivity contribution < 1.29 is 9.84 Å². The highest BCUT2D eigenvalue weighted by molar-refractivity contribution is 5.18. The highest BCUT2D eigenvalue weighted by atomic mass is 16.5. The van der Waals surface area contributed by atoms with E-state index in [1.807, 2.05) is 18.2 Å². The lowest BCUT2D eigenvalue weighted by Crippen LogP contribution is -2.25. The maximum Gasteiger partial charge on any atom is 0.0843 e. The molecule has 0 amide bonds. The van der Waals surface area contributed by atoms with Crippen molar-refractivity contribution in [2.75, 3.05) is 0 Å². The van der Waals surface area contributed by atoms with Crippen molar-refractivity contribution in [1.29, 1.82) is 0 Å². The lowest BCUT2D eigenvalue weighted by atomic mass is 10.0. The van der Waals surface area contributed by atoms with Gasteiger partial charge in [-0.25, -0.2) is 0 Å². The first kappa shape index (κ1) is 13.6. The van der Waals surface area contributed by atoms with Crippen LogP contribution in [0.1, 0.15) is 57.1 Å². The van der Waals surface area contributed by atoms with Crippen LogP contribution in [-0.4, -0.2) is 17.3 Å². The molecule has 0 aliphatic carbocycles. The van der Waals surface area contributed by atoms with Crippen molar-refractivity contribution in [2.24, 2.45) is 0 Å². The minimum Gasteiger partial charge on any atom is -0.390 e. The molecule has 1 N–H and O–H groups in total. The summed E-state index contributed by atoms with van der Waals surface area (Å²) in [5.41, 5.74) is 1.24. The third-order valence-electron chi connectivity index (χ3n) is 3.76. The first-order valence-electron chi connectivity index (χ1n) is 7.19. The van der Waals surface area contributed by atoms with Gasteiger partial charge in [0.05, 0.1) is 18.3 Å². The second-order valence-electron chi connectivity index (χ2n) is 5.21. The summed E-state index contributed by atoms with van der Waals surface area (Å²) >= 11 is 0.